The van der Waals surface area contributed by atoms with E-state index in [-0.39, 0.29) is 23.1 Å². The van der Waals surface area contributed by atoms with Crippen LogP contribution in [0.4, 0.5) is 11.4 Å². The Morgan fingerprint density at radius 2 is 1.56 bits per heavy atom. The zero-order valence-electron chi connectivity index (χ0n) is 17.8. The molecule has 3 aromatic carbocycles. The highest BCUT2D eigenvalue weighted by atomic mass is 32.2. The number of hydrogen-bond acceptors (Lipinski definition) is 5. The number of furan rings is 1. The highest BCUT2D eigenvalue weighted by Crippen LogP contribution is 2.36. The lowest BCUT2D eigenvalue weighted by atomic mass is 10.1. The molecule has 4 rings (SSSR count). The summed E-state index contributed by atoms with van der Waals surface area (Å²) in [5.74, 6) is -1.49. The largest absolute Gasteiger partial charge is 0.478 e. The van der Waals surface area contributed by atoms with E-state index >= 15 is 0 Å². The summed E-state index contributed by atoms with van der Waals surface area (Å²) >= 11 is 1.35. The number of carboxylic acids is 1. The molecule has 7 nitrogen and oxygen atoms in total. The maximum Gasteiger partial charge on any atom is 0.335 e. The zero-order chi connectivity index (χ0) is 23.9. The molecule has 3 N–H and O–H groups in total. The predicted octanol–water partition coefficient (Wildman–Crippen LogP) is 5.70. The third-order valence-corrected chi connectivity index (χ3v) is 6.09. The van der Waals surface area contributed by atoms with E-state index < -0.39 is 11.2 Å². The van der Waals surface area contributed by atoms with Crippen molar-refractivity contribution in [3.05, 3.63) is 114 Å². The first-order chi connectivity index (χ1) is 16.5. The molecular formula is C26H20N2O5S. The van der Waals surface area contributed by atoms with E-state index in [4.69, 9.17) is 4.42 Å². The van der Waals surface area contributed by atoms with Crippen molar-refractivity contribution in [3.8, 4) is 0 Å². The standard InChI is InChI=1S/C26H20N2O5S/c29-24(22-10-5-15-33-22)27-19-11-13-21(14-12-19)34-23(17-6-2-1-3-7-17)25(30)28-20-9-4-8-18(16-20)26(31)32/h1-16,23H,(H,27,29)(H,28,30)(H,31,32). The van der Waals surface area contributed by atoms with Gasteiger partial charge in [-0.1, -0.05) is 36.4 Å². The van der Waals surface area contributed by atoms with Crippen molar-refractivity contribution in [1.29, 1.82) is 0 Å². The molecule has 0 aliphatic carbocycles. The molecule has 0 saturated carbocycles. The van der Waals surface area contributed by atoms with Crippen molar-refractivity contribution in [3.63, 3.8) is 0 Å². The second kappa shape index (κ2) is 10.5. The summed E-state index contributed by atoms with van der Waals surface area (Å²) in [4.78, 5) is 37.4. The van der Waals surface area contributed by atoms with Crippen molar-refractivity contribution < 1.29 is 23.9 Å². The quantitative estimate of drug-likeness (QED) is 0.284. The summed E-state index contributed by atoms with van der Waals surface area (Å²) in [6.45, 7) is 0. The van der Waals surface area contributed by atoms with Gasteiger partial charge < -0.3 is 20.2 Å². The molecule has 0 fully saturated rings. The second-order valence-electron chi connectivity index (χ2n) is 7.24. The number of amides is 2. The first kappa shape index (κ1) is 22.9. The number of nitrogens with one attached hydrogen (secondary N) is 2. The third kappa shape index (κ3) is 5.73. The topological polar surface area (TPSA) is 109 Å². The van der Waals surface area contributed by atoms with Gasteiger partial charge >= 0.3 is 5.97 Å². The SMILES string of the molecule is O=C(O)c1cccc(NC(=O)C(Sc2ccc(NC(=O)c3ccco3)cc2)c2ccccc2)c1. The summed E-state index contributed by atoms with van der Waals surface area (Å²) in [5, 5.41) is 14.2. The molecule has 0 aliphatic rings. The molecule has 170 valence electrons. The van der Waals surface area contributed by atoms with Crippen LogP contribution in [0.1, 0.15) is 31.7 Å². The smallest absolute Gasteiger partial charge is 0.335 e. The zero-order valence-corrected chi connectivity index (χ0v) is 18.6. The fourth-order valence-corrected chi connectivity index (χ4v) is 4.22. The van der Waals surface area contributed by atoms with Gasteiger partial charge in [0.15, 0.2) is 5.76 Å². The molecule has 1 atom stereocenters. The van der Waals surface area contributed by atoms with Crippen molar-refractivity contribution in [2.75, 3.05) is 10.6 Å². The first-order valence-electron chi connectivity index (χ1n) is 10.3. The molecule has 0 bridgehead atoms. The van der Waals surface area contributed by atoms with Gasteiger partial charge in [0, 0.05) is 16.3 Å². The van der Waals surface area contributed by atoms with Gasteiger partial charge in [-0.15, -0.1) is 11.8 Å². The Hall–Kier alpha value is -4.30. The van der Waals surface area contributed by atoms with Crippen LogP contribution in [0.2, 0.25) is 0 Å². The molecular weight excluding hydrogens is 452 g/mol. The average molecular weight is 473 g/mol. The van der Waals surface area contributed by atoms with Gasteiger partial charge in [-0.3, -0.25) is 9.59 Å². The third-order valence-electron chi connectivity index (χ3n) is 4.83. The van der Waals surface area contributed by atoms with Crippen molar-refractivity contribution in [2.45, 2.75) is 10.1 Å². The van der Waals surface area contributed by atoms with Crippen LogP contribution in [-0.4, -0.2) is 22.9 Å². The average Bonchev–Trinajstić information content (AvgIpc) is 3.39. The number of aromatic carboxylic acids is 1. The van der Waals surface area contributed by atoms with E-state index in [1.54, 1.807) is 36.4 Å². The number of thioether (sulfide) groups is 1. The van der Waals surface area contributed by atoms with Crippen LogP contribution in [0.25, 0.3) is 0 Å². The lowest BCUT2D eigenvalue weighted by Gasteiger charge is -2.17. The summed E-state index contributed by atoms with van der Waals surface area (Å²) in [5.41, 5.74) is 1.89. The lowest BCUT2D eigenvalue weighted by molar-refractivity contribution is -0.115. The van der Waals surface area contributed by atoms with E-state index in [1.165, 1.54) is 30.2 Å². The Balaban J connectivity index is 1.50. The fourth-order valence-electron chi connectivity index (χ4n) is 3.19. The number of carbonyl (C=O) groups is 3. The van der Waals surface area contributed by atoms with Crippen LogP contribution in [0, 0.1) is 0 Å². The van der Waals surface area contributed by atoms with Crippen molar-refractivity contribution in [2.24, 2.45) is 0 Å². The Bertz CT molecular complexity index is 1290. The minimum atomic E-state index is -1.07. The molecule has 34 heavy (non-hydrogen) atoms. The normalized spacial score (nSPS) is 11.4. The molecule has 0 aliphatic heterocycles. The Labute approximate surface area is 199 Å². The molecule has 1 heterocycles. The van der Waals surface area contributed by atoms with Gasteiger partial charge in [0.2, 0.25) is 5.91 Å². The van der Waals surface area contributed by atoms with Crippen molar-refractivity contribution in [1.82, 2.24) is 0 Å². The number of rotatable bonds is 8. The predicted molar refractivity (Wildman–Crippen MR) is 130 cm³/mol. The molecule has 2 amide bonds. The molecule has 8 heteroatoms. The van der Waals surface area contributed by atoms with E-state index in [1.807, 2.05) is 42.5 Å². The number of anilines is 2. The minimum Gasteiger partial charge on any atom is -0.478 e. The van der Waals surface area contributed by atoms with Gasteiger partial charge in [-0.05, 0) is 60.2 Å². The van der Waals surface area contributed by atoms with Gasteiger partial charge in [-0.25, -0.2) is 4.79 Å². The maximum absolute atomic E-state index is 13.2. The molecule has 0 saturated heterocycles. The Morgan fingerprint density at radius 3 is 2.24 bits per heavy atom. The molecule has 0 spiro atoms. The Kier molecular flexibility index (Phi) is 7.10. The number of benzene rings is 3. The second-order valence-corrected chi connectivity index (χ2v) is 8.42. The van der Waals surface area contributed by atoms with Crippen LogP contribution in [-0.2, 0) is 4.79 Å². The van der Waals surface area contributed by atoms with Crippen LogP contribution < -0.4 is 10.6 Å². The van der Waals surface area contributed by atoms with Gasteiger partial charge in [0.1, 0.15) is 5.25 Å². The van der Waals surface area contributed by atoms with Gasteiger partial charge in [0.25, 0.3) is 5.91 Å². The summed E-state index contributed by atoms with van der Waals surface area (Å²) in [7, 11) is 0. The van der Waals surface area contributed by atoms with Crippen LogP contribution in [0.15, 0.2) is 107 Å². The van der Waals surface area contributed by atoms with E-state index in [0.717, 1.165) is 10.5 Å². The summed E-state index contributed by atoms with van der Waals surface area (Å²) in [6, 6.07) is 25.8. The first-order valence-corrected chi connectivity index (χ1v) is 11.2. The van der Waals surface area contributed by atoms with Crippen LogP contribution in [0.5, 0.6) is 0 Å². The summed E-state index contributed by atoms with van der Waals surface area (Å²) in [6.07, 6.45) is 1.43. The molecule has 1 aromatic heterocycles. The lowest BCUT2D eigenvalue weighted by Crippen LogP contribution is -2.19. The highest BCUT2D eigenvalue weighted by molar-refractivity contribution is 8.00. The van der Waals surface area contributed by atoms with Gasteiger partial charge in [-0.2, -0.15) is 0 Å². The van der Waals surface area contributed by atoms with E-state index in [2.05, 4.69) is 10.6 Å². The van der Waals surface area contributed by atoms with E-state index in [0.29, 0.717) is 11.4 Å². The molecule has 0 radical (unpaired) electrons. The number of carbonyl (C=O) groups excluding carboxylic acids is 2. The van der Waals surface area contributed by atoms with Crippen LogP contribution in [0.3, 0.4) is 0 Å². The van der Waals surface area contributed by atoms with E-state index in [9.17, 15) is 19.5 Å². The maximum atomic E-state index is 13.2. The molecule has 1 unspecified atom stereocenters. The monoisotopic (exact) mass is 472 g/mol. The van der Waals surface area contributed by atoms with Crippen molar-refractivity contribution >= 4 is 40.9 Å². The minimum absolute atomic E-state index is 0.0916. The van der Waals surface area contributed by atoms with Gasteiger partial charge in [0.05, 0.1) is 11.8 Å². The fraction of sp³-hybridized carbons (Fsp3) is 0.0385. The molecule has 4 aromatic rings. The highest BCUT2D eigenvalue weighted by Gasteiger charge is 2.22. The van der Waals surface area contributed by atoms with Crippen LogP contribution >= 0.6 is 11.8 Å². The number of hydrogen-bond donors (Lipinski definition) is 3. The number of carboxylic acid groups (broad SMARTS) is 1. The Morgan fingerprint density at radius 1 is 0.794 bits per heavy atom. The summed E-state index contributed by atoms with van der Waals surface area (Å²) < 4.78 is 5.10.